The standard InChI is InChI=1S/C13H25N3/c1-13(2,12-14)6-4-8-16-9-5-7-15(3)10-11-16/h4-11H2,1-3H3. The van der Waals surface area contributed by atoms with Crippen LogP contribution in [0.25, 0.3) is 0 Å². The molecule has 0 aliphatic carbocycles. The first kappa shape index (κ1) is 13.5. The molecule has 0 spiro atoms. The van der Waals surface area contributed by atoms with E-state index in [9.17, 15) is 0 Å². The quantitative estimate of drug-likeness (QED) is 0.730. The van der Waals surface area contributed by atoms with Gasteiger partial charge in [-0.05, 0) is 59.8 Å². The molecule has 3 nitrogen and oxygen atoms in total. The molecule has 1 fully saturated rings. The molecule has 0 aromatic heterocycles. The summed E-state index contributed by atoms with van der Waals surface area (Å²) in [6.45, 7) is 10.0. The van der Waals surface area contributed by atoms with Gasteiger partial charge in [-0.3, -0.25) is 0 Å². The number of rotatable bonds is 4. The van der Waals surface area contributed by atoms with Gasteiger partial charge in [-0.1, -0.05) is 0 Å². The third kappa shape index (κ3) is 4.96. The van der Waals surface area contributed by atoms with Gasteiger partial charge in [0, 0.05) is 13.1 Å². The van der Waals surface area contributed by atoms with Crippen molar-refractivity contribution in [3.63, 3.8) is 0 Å². The molecular weight excluding hydrogens is 198 g/mol. The van der Waals surface area contributed by atoms with E-state index in [0.717, 1.165) is 19.4 Å². The van der Waals surface area contributed by atoms with Crippen molar-refractivity contribution in [1.29, 1.82) is 5.26 Å². The largest absolute Gasteiger partial charge is 0.305 e. The van der Waals surface area contributed by atoms with Crippen LogP contribution in [0.2, 0.25) is 0 Å². The summed E-state index contributed by atoms with van der Waals surface area (Å²) in [5.74, 6) is 0. The van der Waals surface area contributed by atoms with E-state index in [-0.39, 0.29) is 5.41 Å². The highest BCUT2D eigenvalue weighted by molar-refractivity contribution is 4.91. The van der Waals surface area contributed by atoms with Gasteiger partial charge in [-0.25, -0.2) is 0 Å². The Balaban J connectivity index is 2.20. The fourth-order valence-electron chi connectivity index (χ4n) is 2.12. The van der Waals surface area contributed by atoms with Gasteiger partial charge in [0.05, 0.1) is 11.5 Å². The molecule has 0 amide bonds. The maximum Gasteiger partial charge on any atom is 0.0683 e. The van der Waals surface area contributed by atoms with Gasteiger partial charge < -0.3 is 9.80 Å². The first-order valence-electron chi connectivity index (χ1n) is 6.36. The summed E-state index contributed by atoms with van der Waals surface area (Å²) in [7, 11) is 2.20. The van der Waals surface area contributed by atoms with Gasteiger partial charge >= 0.3 is 0 Å². The highest BCUT2D eigenvalue weighted by Crippen LogP contribution is 2.20. The summed E-state index contributed by atoms with van der Waals surface area (Å²) < 4.78 is 0. The molecule has 1 aliphatic heterocycles. The molecular formula is C13H25N3. The molecule has 0 atom stereocenters. The Morgan fingerprint density at radius 2 is 1.94 bits per heavy atom. The zero-order valence-corrected chi connectivity index (χ0v) is 11.0. The third-order valence-corrected chi connectivity index (χ3v) is 3.39. The van der Waals surface area contributed by atoms with Crippen molar-refractivity contribution in [3.05, 3.63) is 0 Å². The molecule has 0 radical (unpaired) electrons. The molecule has 0 aromatic carbocycles. The summed E-state index contributed by atoms with van der Waals surface area (Å²) in [4.78, 5) is 4.94. The van der Waals surface area contributed by atoms with Gasteiger partial charge in [0.15, 0.2) is 0 Å². The molecule has 3 heteroatoms. The van der Waals surface area contributed by atoms with E-state index < -0.39 is 0 Å². The van der Waals surface area contributed by atoms with E-state index in [1.54, 1.807) is 0 Å². The van der Waals surface area contributed by atoms with E-state index in [2.05, 4.69) is 22.9 Å². The molecule has 16 heavy (non-hydrogen) atoms. The van der Waals surface area contributed by atoms with Crippen molar-refractivity contribution in [2.45, 2.75) is 33.1 Å². The molecule has 1 rings (SSSR count). The van der Waals surface area contributed by atoms with Crippen LogP contribution in [0.3, 0.4) is 0 Å². The Bertz CT molecular complexity index is 242. The Morgan fingerprint density at radius 3 is 2.62 bits per heavy atom. The topological polar surface area (TPSA) is 30.3 Å². The van der Waals surface area contributed by atoms with Crippen LogP contribution >= 0.6 is 0 Å². The molecule has 0 N–H and O–H groups in total. The van der Waals surface area contributed by atoms with Crippen LogP contribution in [0.15, 0.2) is 0 Å². The fraction of sp³-hybridized carbons (Fsp3) is 0.923. The first-order valence-corrected chi connectivity index (χ1v) is 6.36. The lowest BCUT2D eigenvalue weighted by molar-refractivity contribution is 0.260. The molecule has 0 bridgehead atoms. The van der Waals surface area contributed by atoms with Crippen LogP contribution in [-0.2, 0) is 0 Å². The second-order valence-electron chi connectivity index (χ2n) is 5.60. The Labute approximate surface area is 100 Å². The highest BCUT2D eigenvalue weighted by atomic mass is 15.2. The van der Waals surface area contributed by atoms with Crippen LogP contribution in [0.1, 0.15) is 33.1 Å². The minimum absolute atomic E-state index is 0.150. The van der Waals surface area contributed by atoms with Gasteiger partial charge in [-0.2, -0.15) is 5.26 Å². The van der Waals surface area contributed by atoms with E-state index in [0.29, 0.717) is 0 Å². The smallest absolute Gasteiger partial charge is 0.0683 e. The maximum atomic E-state index is 8.94. The van der Waals surface area contributed by atoms with Crippen molar-refractivity contribution in [1.82, 2.24) is 9.80 Å². The van der Waals surface area contributed by atoms with Crippen molar-refractivity contribution >= 4 is 0 Å². The second-order valence-corrected chi connectivity index (χ2v) is 5.60. The number of hydrogen-bond donors (Lipinski definition) is 0. The zero-order valence-electron chi connectivity index (χ0n) is 11.0. The molecule has 1 heterocycles. The van der Waals surface area contributed by atoms with E-state index in [4.69, 9.17) is 5.26 Å². The molecule has 0 aromatic rings. The van der Waals surface area contributed by atoms with Crippen LogP contribution in [0.4, 0.5) is 0 Å². The second kappa shape index (κ2) is 6.22. The predicted molar refractivity (Wildman–Crippen MR) is 67.2 cm³/mol. The van der Waals surface area contributed by atoms with Gasteiger partial charge in [0.1, 0.15) is 0 Å². The summed E-state index contributed by atoms with van der Waals surface area (Å²) in [6, 6.07) is 2.37. The third-order valence-electron chi connectivity index (χ3n) is 3.39. The lowest BCUT2D eigenvalue weighted by Gasteiger charge is -2.22. The van der Waals surface area contributed by atoms with Gasteiger partial charge in [-0.15, -0.1) is 0 Å². The fourth-order valence-corrected chi connectivity index (χ4v) is 2.12. The molecule has 92 valence electrons. The average Bonchev–Trinajstić information content (AvgIpc) is 2.44. The zero-order chi connectivity index (χ0) is 12.0. The lowest BCUT2D eigenvalue weighted by Crippen LogP contribution is -2.30. The molecule has 0 saturated carbocycles. The monoisotopic (exact) mass is 223 g/mol. The summed E-state index contributed by atoms with van der Waals surface area (Å²) in [5, 5.41) is 8.94. The minimum atomic E-state index is -0.150. The summed E-state index contributed by atoms with van der Waals surface area (Å²) in [5.41, 5.74) is -0.150. The number of nitriles is 1. The number of nitrogens with zero attached hydrogens (tertiary/aromatic N) is 3. The lowest BCUT2D eigenvalue weighted by atomic mass is 9.90. The normalized spacial score (nSPS) is 20.4. The van der Waals surface area contributed by atoms with Gasteiger partial charge in [0.25, 0.3) is 0 Å². The molecule has 1 saturated heterocycles. The Morgan fingerprint density at radius 1 is 1.19 bits per heavy atom. The Kier molecular flexibility index (Phi) is 5.24. The predicted octanol–water partition coefficient (Wildman–Crippen LogP) is 1.95. The van der Waals surface area contributed by atoms with E-state index in [1.165, 1.54) is 32.6 Å². The van der Waals surface area contributed by atoms with Crippen molar-refractivity contribution < 1.29 is 0 Å². The van der Waals surface area contributed by atoms with E-state index in [1.807, 2.05) is 13.8 Å². The summed E-state index contributed by atoms with van der Waals surface area (Å²) >= 11 is 0. The minimum Gasteiger partial charge on any atom is -0.305 e. The van der Waals surface area contributed by atoms with Gasteiger partial charge in [0.2, 0.25) is 0 Å². The Hall–Kier alpha value is -0.590. The van der Waals surface area contributed by atoms with Crippen LogP contribution in [-0.4, -0.2) is 49.6 Å². The van der Waals surface area contributed by atoms with E-state index >= 15 is 0 Å². The van der Waals surface area contributed by atoms with Crippen molar-refractivity contribution in [2.75, 3.05) is 39.8 Å². The average molecular weight is 223 g/mol. The number of likely N-dealkylation sites (N-methyl/N-ethyl adjacent to an activating group) is 1. The molecule has 1 aliphatic rings. The van der Waals surface area contributed by atoms with Crippen LogP contribution < -0.4 is 0 Å². The first-order chi connectivity index (χ1) is 7.53. The highest BCUT2D eigenvalue weighted by Gasteiger charge is 2.17. The summed E-state index contributed by atoms with van der Waals surface area (Å²) in [6.07, 6.45) is 3.43. The maximum absolute atomic E-state index is 8.94. The van der Waals surface area contributed by atoms with Crippen LogP contribution in [0.5, 0.6) is 0 Å². The van der Waals surface area contributed by atoms with Crippen molar-refractivity contribution in [3.8, 4) is 6.07 Å². The van der Waals surface area contributed by atoms with Crippen LogP contribution in [0, 0.1) is 16.7 Å². The number of hydrogen-bond acceptors (Lipinski definition) is 3. The van der Waals surface area contributed by atoms with Crippen molar-refractivity contribution in [2.24, 2.45) is 5.41 Å². The SMILES string of the molecule is CN1CCCN(CCCC(C)(C)C#N)CC1. The molecule has 0 unspecified atom stereocenters.